The number of hydrogen-bond acceptors (Lipinski definition) is 0. The Morgan fingerprint density at radius 2 is 1.53 bits per heavy atom. The van der Waals surface area contributed by atoms with E-state index in [0.717, 1.165) is 5.57 Å². The number of alkyl halides is 1. The summed E-state index contributed by atoms with van der Waals surface area (Å²) in [4.78, 5) is -0.755. The highest BCUT2D eigenvalue weighted by atomic mass is 35.5. The first kappa shape index (κ1) is 16.4. The summed E-state index contributed by atoms with van der Waals surface area (Å²) in [6, 6.07) is 0. The molecule has 0 radical (unpaired) electrons. The molecule has 0 aromatic rings. The van der Waals surface area contributed by atoms with E-state index < -0.39 is 4.87 Å². The zero-order valence-electron chi connectivity index (χ0n) is 12.0. The quantitative estimate of drug-likeness (QED) is 0.444. The molecule has 0 fully saturated rings. The predicted molar refractivity (Wildman–Crippen MR) is 76.1 cm³/mol. The summed E-state index contributed by atoms with van der Waals surface area (Å²) in [6.07, 6.45) is 1.86. The average molecular weight is 259 g/mol. The highest BCUT2D eigenvalue weighted by Crippen LogP contribution is 2.32. The SMILES string of the molecule is C=C(/C(F)=C(C)\C=C(/C)C(C)(C)C)C(C)(C)Cl. The first-order chi connectivity index (χ1) is 7.37. The molecule has 0 nitrogen and oxygen atoms in total. The van der Waals surface area contributed by atoms with Crippen molar-refractivity contribution in [1.29, 1.82) is 0 Å². The minimum Gasteiger partial charge on any atom is -0.206 e. The predicted octanol–water partition coefficient (Wildman–Crippen LogP) is 5.80. The highest BCUT2D eigenvalue weighted by Gasteiger charge is 2.23. The molecule has 0 saturated heterocycles. The Balaban J connectivity index is 5.30. The fraction of sp³-hybridized carbons (Fsp3) is 0.600. The topological polar surface area (TPSA) is 0 Å². The fourth-order valence-corrected chi connectivity index (χ4v) is 1.19. The molecule has 0 aliphatic heterocycles. The van der Waals surface area contributed by atoms with Crippen LogP contribution in [0.1, 0.15) is 48.5 Å². The van der Waals surface area contributed by atoms with Crippen LogP contribution in [-0.4, -0.2) is 4.87 Å². The minimum absolute atomic E-state index is 0.0410. The van der Waals surface area contributed by atoms with Crippen LogP contribution in [0.2, 0.25) is 0 Å². The summed E-state index contributed by atoms with van der Waals surface area (Å²) in [5.41, 5.74) is 2.08. The van der Waals surface area contributed by atoms with Gasteiger partial charge in [0.1, 0.15) is 5.83 Å². The van der Waals surface area contributed by atoms with E-state index in [1.54, 1.807) is 20.8 Å². The Labute approximate surface area is 110 Å². The molecule has 0 aliphatic carbocycles. The minimum atomic E-state index is -0.755. The van der Waals surface area contributed by atoms with Crippen molar-refractivity contribution in [2.24, 2.45) is 5.41 Å². The van der Waals surface area contributed by atoms with E-state index in [9.17, 15) is 4.39 Å². The normalized spacial score (nSPS) is 15.7. The van der Waals surface area contributed by atoms with Crippen LogP contribution >= 0.6 is 11.6 Å². The first-order valence-electron chi connectivity index (χ1n) is 5.81. The van der Waals surface area contributed by atoms with Gasteiger partial charge in [0.15, 0.2) is 0 Å². The third-order valence-electron chi connectivity index (χ3n) is 2.94. The smallest absolute Gasteiger partial charge is 0.130 e. The second-order valence-corrected chi connectivity index (χ2v) is 6.97. The summed E-state index contributed by atoms with van der Waals surface area (Å²) in [5.74, 6) is -0.311. The summed E-state index contributed by atoms with van der Waals surface area (Å²) in [7, 11) is 0. The van der Waals surface area contributed by atoms with Gasteiger partial charge in [-0.3, -0.25) is 0 Å². The molecular weight excluding hydrogens is 235 g/mol. The van der Waals surface area contributed by atoms with Crippen molar-refractivity contribution in [3.05, 3.63) is 35.2 Å². The van der Waals surface area contributed by atoms with Gasteiger partial charge in [-0.15, -0.1) is 11.6 Å². The van der Waals surface area contributed by atoms with Crippen LogP contribution in [-0.2, 0) is 0 Å². The van der Waals surface area contributed by atoms with E-state index in [2.05, 4.69) is 27.4 Å². The highest BCUT2D eigenvalue weighted by molar-refractivity contribution is 6.25. The Morgan fingerprint density at radius 3 is 1.82 bits per heavy atom. The van der Waals surface area contributed by atoms with Gasteiger partial charge < -0.3 is 0 Å². The van der Waals surface area contributed by atoms with Crippen LogP contribution in [0.25, 0.3) is 0 Å². The summed E-state index contributed by atoms with van der Waals surface area (Å²) < 4.78 is 14.1. The average Bonchev–Trinajstić information content (AvgIpc) is 2.12. The summed E-state index contributed by atoms with van der Waals surface area (Å²) in [5, 5.41) is 0. The lowest BCUT2D eigenvalue weighted by Crippen LogP contribution is -2.14. The molecular formula is C15H24ClF. The van der Waals surface area contributed by atoms with Gasteiger partial charge in [-0.2, -0.15) is 0 Å². The lowest BCUT2D eigenvalue weighted by molar-refractivity contribution is 0.503. The monoisotopic (exact) mass is 258 g/mol. The molecule has 0 amide bonds. The lowest BCUT2D eigenvalue weighted by Gasteiger charge is -2.21. The summed E-state index contributed by atoms with van der Waals surface area (Å²) in [6.45, 7) is 17.3. The zero-order valence-corrected chi connectivity index (χ0v) is 12.8. The maximum Gasteiger partial charge on any atom is 0.130 e. The van der Waals surface area contributed by atoms with Crippen molar-refractivity contribution in [2.75, 3.05) is 0 Å². The van der Waals surface area contributed by atoms with Crippen LogP contribution in [0, 0.1) is 5.41 Å². The van der Waals surface area contributed by atoms with E-state index >= 15 is 0 Å². The molecule has 0 atom stereocenters. The maximum atomic E-state index is 14.1. The molecule has 0 saturated carbocycles. The maximum absolute atomic E-state index is 14.1. The van der Waals surface area contributed by atoms with E-state index in [0.29, 0.717) is 11.1 Å². The van der Waals surface area contributed by atoms with E-state index in [1.165, 1.54) is 0 Å². The van der Waals surface area contributed by atoms with Gasteiger partial charge in [-0.1, -0.05) is 39.0 Å². The van der Waals surface area contributed by atoms with Gasteiger partial charge in [0, 0.05) is 5.57 Å². The Kier molecular flexibility index (Phi) is 5.21. The molecule has 0 N–H and O–H groups in total. The molecule has 0 unspecified atom stereocenters. The number of halogens is 2. The van der Waals surface area contributed by atoms with Crippen molar-refractivity contribution in [1.82, 2.24) is 0 Å². The largest absolute Gasteiger partial charge is 0.206 e. The van der Waals surface area contributed by atoms with Crippen LogP contribution < -0.4 is 0 Å². The van der Waals surface area contributed by atoms with E-state index in [-0.39, 0.29) is 11.2 Å². The van der Waals surface area contributed by atoms with Gasteiger partial charge in [0.05, 0.1) is 4.87 Å². The van der Waals surface area contributed by atoms with Crippen LogP contribution in [0.3, 0.4) is 0 Å². The molecule has 98 valence electrons. The van der Waals surface area contributed by atoms with Crippen molar-refractivity contribution < 1.29 is 4.39 Å². The molecule has 0 aliphatic rings. The Hall–Kier alpha value is -0.560. The van der Waals surface area contributed by atoms with E-state index in [1.807, 2.05) is 13.0 Å². The Morgan fingerprint density at radius 1 is 1.12 bits per heavy atom. The van der Waals surface area contributed by atoms with Crippen molar-refractivity contribution >= 4 is 11.6 Å². The fourth-order valence-electron chi connectivity index (χ4n) is 1.10. The van der Waals surface area contributed by atoms with Crippen molar-refractivity contribution in [3.63, 3.8) is 0 Å². The second kappa shape index (κ2) is 5.39. The first-order valence-corrected chi connectivity index (χ1v) is 6.19. The standard InChI is InChI=1S/C15H24ClF/c1-10(9-11(2)14(4,5)6)13(17)12(3)15(7,8)16/h9H,3H2,1-2,4-8H3/b11-9+,13-10+. The molecule has 0 spiro atoms. The van der Waals surface area contributed by atoms with Gasteiger partial charge >= 0.3 is 0 Å². The molecule has 17 heavy (non-hydrogen) atoms. The van der Waals surface area contributed by atoms with Crippen molar-refractivity contribution in [3.8, 4) is 0 Å². The molecule has 0 rings (SSSR count). The zero-order chi connectivity index (χ0) is 14.0. The van der Waals surface area contributed by atoms with Gasteiger partial charge in [-0.25, -0.2) is 4.39 Å². The Bertz CT molecular complexity index is 359. The summed E-state index contributed by atoms with van der Waals surface area (Å²) >= 11 is 6.05. The van der Waals surface area contributed by atoms with Crippen LogP contribution in [0.4, 0.5) is 4.39 Å². The molecule has 2 heteroatoms. The van der Waals surface area contributed by atoms with Crippen LogP contribution in [0.15, 0.2) is 35.2 Å². The number of hydrogen-bond donors (Lipinski definition) is 0. The molecule has 0 aromatic heterocycles. The molecule has 0 heterocycles. The van der Waals surface area contributed by atoms with Crippen molar-refractivity contribution in [2.45, 2.75) is 53.3 Å². The van der Waals surface area contributed by atoms with Gasteiger partial charge in [-0.05, 0) is 38.7 Å². The second-order valence-electron chi connectivity index (χ2n) is 6.03. The lowest BCUT2D eigenvalue weighted by atomic mass is 9.86. The van der Waals surface area contributed by atoms with Crippen LogP contribution in [0.5, 0.6) is 0 Å². The number of rotatable bonds is 3. The molecule has 0 bridgehead atoms. The van der Waals surface area contributed by atoms with Gasteiger partial charge in [0.25, 0.3) is 0 Å². The third-order valence-corrected chi connectivity index (χ3v) is 3.17. The van der Waals surface area contributed by atoms with E-state index in [4.69, 9.17) is 11.6 Å². The number of allylic oxidation sites excluding steroid dienone is 5. The van der Waals surface area contributed by atoms with Gasteiger partial charge in [0.2, 0.25) is 0 Å². The third kappa shape index (κ3) is 5.08. The molecule has 0 aromatic carbocycles.